The van der Waals surface area contributed by atoms with Crippen molar-refractivity contribution in [2.45, 2.75) is 6.92 Å². The molecule has 0 aliphatic heterocycles. The molecule has 7 aromatic carbocycles. The van der Waals surface area contributed by atoms with E-state index in [1.807, 2.05) is 6.08 Å². The number of nitrogens with zero attached hydrogens (tertiary/aromatic N) is 2. The van der Waals surface area contributed by atoms with E-state index in [-0.39, 0.29) is 0 Å². The van der Waals surface area contributed by atoms with Gasteiger partial charge in [-0.25, -0.2) is 0 Å². The standard InChI is InChI=1S/C47H34N2/c1-3-16-41-36(4-2)46-45(49(41)42-28-26-37(33-19-10-6-11-20-33)38-23-14-15-24-39(38)42)30-29-44-47(46)40-31-34(32-17-8-5-9-18-32)25-27-43(40)48(44)35-21-12-7-13-22-35/h3-31H,2H2,1H3/b16-3-. The molecule has 0 atom stereocenters. The summed E-state index contributed by atoms with van der Waals surface area (Å²) in [5.74, 6) is 0. The molecule has 9 aromatic rings. The summed E-state index contributed by atoms with van der Waals surface area (Å²) in [5.41, 5.74) is 12.9. The van der Waals surface area contributed by atoms with Crippen molar-refractivity contribution in [3.63, 3.8) is 0 Å². The second-order valence-corrected chi connectivity index (χ2v) is 12.5. The van der Waals surface area contributed by atoms with Crippen molar-refractivity contribution >= 4 is 55.6 Å². The highest BCUT2D eigenvalue weighted by molar-refractivity contribution is 6.24. The van der Waals surface area contributed by atoms with Crippen molar-refractivity contribution in [3.8, 4) is 33.6 Å². The lowest BCUT2D eigenvalue weighted by Crippen LogP contribution is -1.99. The van der Waals surface area contributed by atoms with Crippen molar-refractivity contribution in [1.82, 2.24) is 9.13 Å². The first kappa shape index (κ1) is 28.8. The van der Waals surface area contributed by atoms with Crippen molar-refractivity contribution in [1.29, 1.82) is 0 Å². The van der Waals surface area contributed by atoms with Crippen LogP contribution >= 0.6 is 0 Å². The van der Waals surface area contributed by atoms with E-state index < -0.39 is 0 Å². The number of hydrogen-bond acceptors (Lipinski definition) is 0. The van der Waals surface area contributed by atoms with Gasteiger partial charge in [0.2, 0.25) is 0 Å². The van der Waals surface area contributed by atoms with Crippen LogP contribution in [-0.2, 0) is 0 Å². The van der Waals surface area contributed by atoms with Crippen molar-refractivity contribution in [3.05, 3.63) is 182 Å². The minimum Gasteiger partial charge on any atom is -0.309 e. The van der Waals surface area contributed by atoms with E-state index in [0.29, 0.717) is 0 Å². The molecule has 0 aliphatic carbocycles. The van der Waals surface area contributed by atoms with Gasteiger partial charge in [0, 0.05) is 32.8 Å². The summed E-state index contributed by atoms with van der Waals surface area (Å²) in [6.07, 6.45) is 6.41. The molecule has 0 N–H and O–H groups in total. The molecule has 0 radical (unpaired) electrons. The van der Waals surface area contributed by atoms with Gasteiger partial charge in [0.15, 0.2) is 0 Å². The molecule has 0 amide bonds. The van der Waals surface area contributed by atoms with Gasteiger partial charge in [-0.05, 0) is 83.1 Å². The van der Waals surface area contributed by atoms with Crippen LogP contribution in [0.15, 0.2) is 170 Å². The Hall–Kier alpha value is -6.38. The van der Waals surface area contributed by atoms with E-state index in [4.69, 9.17) is 0 Å². The molecule has 0 aliphatic rings. The van der Waals surface area contributed by atoms with Crippen LogP contribution in [0.5, 0.6) is 0 Å². The predicted octanol–water partition coefficient (Wildman–Crippen LogP) is 12.9. The fourth-order valence-electron chi connectivity index (χ4n) is 7.74. The Bertz CT molecular complexity index is 2710. The average molecular weight is 627 g/mol. The van der Waals surface area contributed by atoms with Crippen LogP contribution in [0.1, 0.15) is 18.2 Å². The maximum absolute atomic E-state index is 4.41. The minimum absolute atomic E-state index is 1.12. The molecule has 0 saturated carbocycles. The highest BCUT2D eigenvalue weighted by Gasteiger charge is 2.23. The second-order valence-electron chi connectivity index (χ2n) is 12.5. The van der Waals surface area contributed by atoms with Crippen LogP contribution in [0.2, 0.25) is 0 Å². The molecular weight excluding hydrogens is 593 g/mol. The maximum Gasteiger partial charge on any atom is 0.0549 e. The number of para-hydroxylation sites is 1. The first-order chi connectivity index (χ1) is 24.3. The summed E-state index contributed by atoms with van der Waals surface area (Å²) in [5, 5.41) is 6.11. The first-order valence-electron chi connectivity index (χ1n) is 16.9. The monoisotopic (exact) mass is 626 g/mol. The summed E-state index contributed by atoms with van der Waals surface area (Å²) in [6.45, 7) is 6.50. The number of fused-ring (bicyclic) bond motifs is 6. The molecule has 2 nitrogen and oxygen atoms in total. The zero-order valence-electron chi connectivity index (χ0n) is 27.3. The van der Waals surface area contributed by atoms with Gasteiger partial charge in [-0.1, -0.05) is 134 Å². The quantitative estimate of drug-likeness (QED) is 0.174. The van der Waals surface area contributed by atoms with Gasteiger partial charge in [-0.2, -0.15) is 0 Å². The Morgan fingerprint density at radius 1 is 0.490 bits per heavy atom. The van der Waals surface area contributed by atoms with Crippen molar-refractivity contribution < 1.29 is 0 Å². The number of hydrogen-bond donors (Lipinski definition) is 0. The van der Waals surface area contributed by atoms with E-state index >= 15 is 0 Å². The lowest BCUT2D eigenvalue weighted by Gasteiger charge is -2.16. The third-order valence-electron chi connectivity index (χ3n) is 9.81. The number of allylic oxidation sites excluding steroid dienone is 1. The van der Waals surface area contributed by atoms with Gasteiger partial charge in [0.05, 0.1) is 27.9 Å². The van der Waals surface area contributed by atoms with Crippen LogP contribution in [0, 0.1) is 0 Å². The van der Waals surface area contributed by atoms with Crippen LogP contribution in [0.25, 0.3) is 89.3 Å². The molecule has 9 rings (SSSR count). The maximum atomic E-state index is 4.41. The largest absolute Gasteiger partial charge is 0.309 e. The summed E-state index contributed by atoms with van der Waals surface area (Å²) >= 11 is 0. The van der Waals surface area contributed by atoms with Gasteiger partial charge in [-0.15, -0.1) is 0 Å². The fraction of sp³-hybridized carbons (Fsp3) is 0.0213. The third kappa shape index (κ3) is 4.49. The Morgan fingerprint density at radius 3 is 1.80 bits per heavy atom. The van der Waals surface area contributed by atoms with E-state index in [9.17, 15) is 0 Å². The lowest BCUT2D eigenvalue weighted by molar-refractivity contribution is 1.12. The Morgan fingerprint density at radius 2 is 1.10 bits per heavy atom. The summed E-state index contributed by atoms with van der Waals surface area (Å²) in [4.78, 5) is 0. The molecule has 0 unspecified atom stereocenters. The zero-order valence-corrected chi connectivity index (χ0v) is 27.3. The molecule has 0 fully saturated rings. The average Bonchev–Trinajstić information content (AvgIpc) is 3.67. The van der Waals surface area contributed by atoms with E-state index in [1.165, 1.54) is 60.2 Å². The zero-order chi connectivity index (χ0) is 32.9. The minimum atomic E-state index is 1.12. The van der Waals surface area contributed by atoms with Gasteiger partial charge < -0.3 is 9.13 Å². The van der Waals surface area contributed by atoms with Gasteiger partial charge in [0.1, 0.15) is 0 Å². The predicted molar refractivity (Wildman–Crippen MR) is 211 cm³/mol. The first-order valence-corrected chi connectivity index (χ1v) is 16.9. The van der Waals surface area contributed by atoms with E-state index in [2.05, 4.69) is 193 Å². The van der Waals surface area contributed by atoms with Crippen LogP contribution in [-0.4, -0.2) is 9.13 Å². The van der Waals surface area contributed by atoms with Crippen LogP contribution in [0.4, 0.5) is 0 Å². The highest BCUT2D eigenvalue weighted by atomic mass is 15.0. The van der Waals surface area contributed by atoms with Crippen LogP contribution < -0.4 is 0 Å². The summed E-state index contributed by atoms with van der Waals surface area (Å²) < 4.78 is 4.85. The fourth-order valence-corrected chi connectivity index (χ4v) is 7.74. The molecule has 0 spiro atoms. The Balaban J connectivity index is 1.43. The van der Waals surface area contributed by atoms with Crippen LogP contribution in [0.3, 0.4) is 0 Å². The molecule has 2 heterocycles. The normalized spacial score (nSPS) is 11.8. The van der Waals surface area contributed by atoms with Crippen molar-refractivity contribution in [2.24, 2.45) is 0 Å². The van der Waals surface area contributed by atoms with E-state index in [0.717, 1.165) is 28.1 Å². The highest BCUT2D eigenvalue weighted by Crippen LogP contribution is 2.44. The molecule has 2 heteroatoms. The Labute approximate surface area is 286 Å². The summed E-state index contributed by atoms with van der Waals surface area (Å²) in [6, 6.07) is 56.9. The van der Waals surface area contributed by atoms with E-state index in [1.54, 1.807) is 0 Å². The molecular formula is C47H34N2. The lowest BCUT2D eigenvalue weighted by atomic mass is 9.97. The molecule has 0 saturated heterocycles. The second kappa shape index (κ2) is 11.7. The number of aromatic nitrogens is 2. The SMILES string of the molecule is C=Cc1c(/C=C\C)n(-c2ccc(-c3ccccc3)c3ccccc23)c2ccc3c(c4cc(-c5ccccc5)ccc4n3-c3ccccc3)c12. The summed E-state index contributed by atoms with van der Waals surface area (Å²) in [7, 11) is 0. The molecule has 232 valence electrons. The smallest absolute Gasteiger partial charge is 0.0549 e. The molecule has 2 aromatic heterocycles. The molecule has 49 heavy (non-hydrogen) atoms. The van der Waals surface area contributed by atoms with Gasteiger partial charge in [0.25, 0.3) is 0 Å². The Kier molecular flexibility index (Phi) is 6.88. The molecule has 0 bridgehead atoms. The third-order valence-corrected chi connectivity index (χ3v) is 9.81. The van der Waals surface area contributed by atoms with Gasteiger partial charge >= 0.3 is 0 Å². The topological polar surface area (TPSA) is 9.86 Å². The van der Waals surface area contributed by atoms with Gasteiger partial charge in [-0.3, -0.25) is 0 Å². The van der Waals surface area contributed by atoms with Crippen molar-refractivity contribution in [2.75, 3.05) is 0 Å². The number of benzene rings is 7. The number of rotatable bonds is 6.